The Kier molecular flexibility index (Phi) is 5.58. The third-order valence-corrected chi connectivity index (χ3v) is 10.9. The molecule has 5 aromatic rings. The fourth-order valence-corrected chi connectivity index (χ4v) is 8.92. The van der Waals surface area contributed by atoms with Gasteiger partial charge in [0.05, 0.1) is 28.0 Å². The first-order chi connectivity index (χ1) is 13.6. The molecule has 0 amide bonds. The first kappa shape index (κ1) is 19.5. The molecule has 1 nitrogen and oxygen atoms in total. The van der Waals surface area contributed by atoms with Gasteiger partial charge in [-0.05, 0) is 74.7 Å². The van der Waals surface area contributed by atoms with Crippen LogP contribution in [0.1, 0.15) is 26.2 Å². The molecule has 0 spiro atoms. The Morgan fingerprint density at radius 2 is 1.25 bits per heavy atom. The molecule has 0 bridgehead atoms. The highest BCUT2D eigenvalue weighted by molar-refractivity contribution is 9.11. The molecule has 5 heterocycles. The van der Waals surface area contributed by atoms with E-state index in [1.54, 1.807) is 0 Å². The van der Waals surface area contributed by atoms with Gasteiger partial charge in [0, 0.05) is 26.1 Å². The van der Waals surface area contributed by atoms with Crippen LogP contribution in [0.4, 0.5) is 0 Å². The zero-order valence-electron chi connectivity index (χ0n) is 15.1. The minimum absolute atomic E-state index is 1.10. The summed E-state index contributed by atoms with van der Waals surface area (Å²) in [6.07, 6.45) is 3.77. The first-order valence-corrected chi connectivity index (χ1v) is 14.1. The van der Waals surface area contributed by atoms with E-state index in [1.165, 1.54) is 66.8 Å². The van der Waals surface area contributed by atoms with Crippen molar-refractivity contribution in [2.24, 2.45) is 0 Å². The maximum atomic E-state index is 3.61. The van der Waals surface area contributed by atoms with Gasteiger partial charge in [-0.15, -0.1) is 45.3 Å². The minimum Gasteiger partial charge on any atom is -0.339 e. The smallest absolute Gasteiger partial charge is 0.0708 e. The summed E-state index contributed by atoms with van der Waals surface area (Å²) in [5, 5.41) is 0. The van der Waals surface area contributed by atoms with Crippen molar-refractivity contribution in [1.29, 1.82) is 0 Å². The van der Waals surface area contributed by atoms with E-state index in [-0.39, 0.29) is 0 Å². The Bertz CT molecular complexity index is 1170. The fourth-order valence-electron chi connectivity index (χ4n) is 3.52. The van der Waals surface area contributed by atoms with Gasteiger partial charge in [-0.1, -0.05) is 19.8 Å². The van der Waals surface area contributed by atoms with E-state index < -0.39 is 0 Å². The van der Waals surface area contributed by atoms with Gasteiger partial charge >= 0.3 is 0 Å². The molecule has 0 unspecified atom stereocenters. The van der Waals surface area contributed by atoms with E-state index in [9.17, 15) is 0 Å². The van der Waals surface area contributed by atoms with Crippen molar-refractivity contribution >= 4 is 97.6 Å². The molecule has 0 radical (unpaired) electrons. The van der Waals surface area contributed by atoms with Crippen LogP contribution in [0.5, 0.6) is 0 Å². The highest BCUT2D eigenvalue weighted by atomic mass is 79.9. The van der Waals surface area contributed by atoms with Crippen LogP contribution in [0.25, 0.3) is 39.9 Å². The van der Waals surface area contributed by atoms with E-state index in [4.69, 9.17) is 0 Å². The predicted octanol–water partition coefficient (Wildman–Crippen LogP) is 10.1. The molecule has 28 heavy (non-hydrogen) atoms. The first-order valence-electron chi connectivity index (χ1n) is 9.21. The number of rotatable bonds is 6. The second-order valence-electron chi connectivity index (χ2n) is 6.72. The summed E-state index contributed by atoms with van der Waals surface area (Å²) in [6, 6.07) is 13.5. The van der Waals surface area contributed by atoms with Crippen molar-refractivity contribution < 1.29 is 0 Å². The lowest BCUT2D eigenvalue weighted by Gasteiger charge is -2.05. The molecule has 0 fully saturated rings. The number of aryl methyl sites for hydroxylation is 1. The van der Waals surface area contributed by atoms with E-state index >= 15 is 0 Å². The zero-order valence-corrected chi connectivity index (χ0v) is 21.6. The lowest BCUT2D eigenvalue weighted by molar-refractivity contribution is 0.628. The van der Waals surface area contributed by atoms with Crippen LogP contribution in [0.2, 0.25) is 0 Å². The molecule has 0 aliphatic rings. The van der Waals surface area contributed by atoms with Gasteiger partial charge in [-0.25, -0.2) is 0 Å². The molecule has 5 rings (SSSR count). The predicted molar refractivity (Wildman–Crippen MR) is 137 cm³/mol. The Hall–Kier alpha value is -0.440. The van der Waals surface area contributed by atoms with Crippen molar-refractivity contribution in [2.45, 2.75) is 32.7 Å². The number of thiophene rings is 4. The molecule has 0 atom stereocenters. The minimum atomic E-state index is 1.10. The number of fused-ring (bicyclic) bond motifs is 3. The van der Waals surface area contributed by atoms with Crippen molar-refractivity contribution in [3.8, 4) is 19.5 Å². The summed E-state index contributed by atoms with van der Waals surface area (Å²) in [6.45, 7) is 3.37. The third kappa shape index (κ3) is 3.48. The highest BCUT2D eigenvalue weighted by Crippen LogP contribution is 2.47. The standard InChI is InChI=1S/C21H17Br2NS4/c1-2-3-4-9-24-12-10-16(14-5-7-18(22)25-14)27-20(12)21-13(24)11-17(28-21)15-6-8-19(23)26-15/h5-8,10-11H,2-4,9H2,1H3. The van der Waals surface area contributed by atoms with Gasteiger partial charge in [0.15, 0.2) is 0 Å². The van der Waals surface area contributed by atoms with Gasteiger partial charge in [0.1, 0.15) is 0 Å². The monoisotopic (exact) mass is 569 g/mol. The molecular formula is C21H17Br2NS4. The normalized spacial score (nSPS) is 12.0. The Labute approximate surface area is 196 Å². The number of hydrogen-bond acceptors (Lipinski definition) is 4. The zero-order chi connectivity index (χ0) is 19.3. The van der Waals surface area contributed by atoms with Crippen molar-refractivity contribution in [1.82, 2.24) is 4.57 Å². The van der Waals surface area contributed by atoms with Crippen LogP contribution in [0, 0.1) is 0 Å². The summed E-state index contributed by atoms with van der Waals surface area (Å²) in [5.41, 5.74) is 2.81. The molecule has 0 aliphatic carbocycles. The van der Waals surface area contributed by atoms with Crippen molar-refractivity contribution in [2.75, 3.05) is 0 Å². The highest BCUT2D eigenvalue weighted by Gasteiger charge is 2.19. The number of hydrogen-bond donors (Lipinski definition) is 0. The van der Waals surface area contributed by atoms with Gasteiger partial charge < -0.3 is 4.57 Å². The molecule has 0 saturated heterocycles. The Balaban J connectivity index is 1.67. The van der Waals surface area contributed by atoms with E-state index in [1.807, 2.05) is 45.3 Å². The average Bonchev–Trinajstić information content (AvgIpc) is 3.44. The molecule has 0 aliphatic heterocycles. The van der Waals surface area contributed by atoms with Gasteiger partial charge in [-0.2, -0.15) is 0 Å². The van der Waals surface area contributed by atoms with Crippen LogP contribution < -0.4 is 0 Å². The second kappa shape index (κ2) is 8.00. The van der Waals surface area contributed by atoms with Crippen molar-refractivity contribution in [3.05, 3.63) is 44.0 Å². The number of aromatic nitrogens is 1. The van der Waals surface area contributed by atoms with Gasteiger partial charge in [0.2, 0.25) is 0 Å². The molecule has 0 N–H and O–H groups in total. The maximum Gasteiger partial charge on any atom is 0.0708 e. The molecule has 0 aromatic carbocycles. The molecule has 7 heteroatoms. The molecule has 5 aromatic heterocycles. The Morgan fingerprint density at radius 1 is 0.714 bits per heavy atom. The summed E-state index contributed by atoms with van der Waals surface area (Å²) in [7, 11) is 0. The number of unbranched alkanes of at least 4 members (excludes halogenated alkanes) is 2. The Morgan fingerprint density at radius 3 is 1.68 bits per heavy atom. The summed E-state index contributed by atoms with van der Waals surface area (Å²) < 4.78 is 7.83. The van der Waals surface area contributed by atoms with E-state index in [0.717, 1.165) is 6.54 Å². The third-order valence-electron chi connectivity index (χ3n) is 4.83. The summed E-state index contributed by atoms with van der Waals surface area (Å²) in [4.78, 5) is 5.45. The van der Waals surface area contributed by atoms with Crippen LogP contribution in [0.15, 0.2) is 44.0 Å². The molecule has 144 valence electrons. The topological polar surface area (TPSA) is 4.93 Å². The van der Waals surface area contributed by atoms with Crippen LogP contribution >= 0.6 is 77.2 Å². The molecule has 0 saturated carbocycles. The quantitative estimate of drug-likeness (QED) is 0.179. The number of nitrogens with zero attached hydrogens (tertiary/aromatic N) is 1. The van der Waals surface area contributed by atoms with Crippen molar-refractivity contribution in [3.63, 3.8) is 0 Å². The lowest BCUT2D eigenvalue weighted by atomic mass is 10.2. The maximum absolute atomic E-state index is 3.61. The van der Waals surface area contributed by atoms with E-state index in [0.29, 0.717) is 0 Å². The second-order valence-corrected chi connectivity index (χ2v) is 13.7. The van der Waals surface area contributed by atoms with Crippen LogP contribution in [0.3, 0.4) is 0 Å². The van der Waals surface area contributed by atoms with Crippen LogP contribution in [-0.4, -0.2) is 4.57 Å². The lowest BCUT2D eigenvalue weighted by Crippen LogP contribution is -1.96. The summed E-state index contributed by atoms with van der Waals surface area (Å²) >= 11 is 14.7. The average molecular weight is 571 g/mol. The van der Waals surface area contributed by atoms with Gasteiger partial charge in [0.25, 0.3) is 0 Å². The van der Waals surface area contributed by atoms with Gasteiger partial charge in [-0.3, -0.25) is 0 Å². The largest absolute Gasteiger partial charge is 0.339 e. The molecular weight excluding hydrogens is 554 g/mol. The van der Waals surface area contributed by atoms with Crippen LogP contribution in [-0.2, 0) is 6.54 Å². The number of halogens is 2. The fraction of sp³-hybridized carbons (Fsp3) is 0.238. The summed E-state index contributed by atoms with van der Waals surface area (Å²) in [5.74, 6) is 0. The SMILES string of the molecule is CCCCCn1c2cc(-c3ccc(Br)s3)sc2c2sc(-c3ccc(Br)s3)cc21. The van der Waals surface area contributed by atoms with E-state index in [2.05, 4.69) is 79.7 Å².